The second-order valence-electron chi connectivity index (χ2n) is 12.2. The second-order valence-corrected chi connectivity index (χ2v) is 12.2. The fourth-order valence-electron chi connectivity index (χ4n) is 4.93. The molecule has 0 bridgehead atoms. The van der Waals surface area contributed by atoms with E-state index in [1.54, 1.807) is 49.9 Å². The number of hydrogen-bond acceptors (Lipinski definition) is 6. The summed E-state index contributed by atoms with van der Waals surface area (Å²) in [5.74, 6) is -0.609. The number of carbonyl (C=O) groups is 3. The van der Waals surface area contributed by atoms with Crippen molar-refractivity contribution in [3.8, 4) is 11.5 Å². The number of benzene rings is 2. The molecule has 0 spiro atoms. The maximum Gasteiger partial charge on any atom is 0.408 e. The van der Waals surface area contributed by atoms with Crippen molar-refractivity contribution in [3.63, 3.8) is 0 Å². The molecule has 0 heterocycles. The van der Waals surface area contributed by atoms with Crippen LogP contribution >= 0.6 is 0 Å². The average molecular weight is 598 g/mol. The molecule has 2 rings (SSSR count). The van der Waals surface area contributed by atoms with Crippen molar-refractivity contribution in [2.24, 2.45) is 0 Å². The zero-order valence-electron chi connectivity index (χ0n) is 26.7. The van der Waals surface area contributed by atoms with Crippen molar-refractivity contribution in [1.29, 1.82) is 0 Å². The lowest BCUT2D eigenvalue weighted by molar-refractivity contribution is -0.142. The van der Waals surface area contributed by atoms with E-state index in [9.17, 15) is 24.6 Å². The molecule has 9 heteroatoms. The number of ether oxygens (including phenoxy) is 1. The van der Waals surface area contributed by atoms with Gasteiger partial charge in [-0.2, -0.15) is 0 Å². The predicted octanol–water partition coefficient (Wildman–Crippen LogP) is 6.38. The Bertz CT molecular complexity index is 1140. The number of alkyl carbamates (subject to hydrolysis) is 1. The number of phenols is 2. The molecule has 3 unspecified atom stereocenters. The van der Waals surface area contributed by atoms with Crippen LogP contribution < -0.4 is 10.6 Å². The van der Waals surface area contributed by atoms with E-state index in [0.29, 0.717) is 18.5 Å². The van der Waals surface area contributed by atoms with E-state index in [2.05, 4.69) is 17.6 Å². The summed E-state index contributed by atoms with van der Waals surface area (Å²) in [5.41, 5.74) is 0.498. The van der Waals surface area contributed by atoms with Gasteiger partial charge in [-0.1, -0.05) is 70.2 Å². The third kappa shape index (κ3) is 12.6. The maximum atomic E-state index is 14.5. The van der Waals surface area contributed by atoms with Gasteiger partial charge in [-0.05, 0) is 75.9 Å². The minimum absolute atomic E-state index is 0.0523. The smallest absolute Gasteiger partial charge is 0.408 e. The number of rotatable bonds is 16. The topological polar surface area (TPSA) is 128 Å². The third-order valence-corrected chi connectivity index (χ3v) is 7.03. The molecule has 2 aromatic rings. The van der Waals surface area contributed by atoms with E-state index in [-0.39, 0.29) is 29.9 Å². The van der Waals surface area contributed by atoms with Gasteiger partial charge in [0.05, 0.1) is 0 Å². The summed E-state index contributed by atoms with van der Waals surface area (Å²) in [5, 5.41) is 25.6. The zero-order valence-corrected chi connectivity index (χ0v) is 26.7. The quantitative estimate of drug-likeness (QED) is 0.166. The van der Waals surface area contributed by atoms with Crippen LogP contribution in [0.2, 0.25) is 0 Å². The largest absolute Gasteiger partial charge is 0.508 e. The van der Waals surface area contributed by atoms with Crippen molar-refractivity contribution in [2.45, 2.75) is 117 Å². The monoisotopic (exact) mass is 597 g/mol. The predicted molar refractivity (Wildman–Crippen MR) is 169 cm³/mol. The summed E-state index contributed by atoms with van der Waals surface area (Å²) in [6, 6.07) is 10.6. The second kappa shape index (κ2) is 17.4. The van der Waals surface area contributed by atoms with Gasteiger partial charge < -0.3 is 30.5 Å². The Morgan fingerprint density at radius 3 is 1.98 bits per heavy atom. The van der Waals surface area contributed by atoms with Crippen LogP contribution in [0.5, 0.6) is 11.5 Å². The van der Waals surface area contributed by atoms with Crippen LogP contribution in [0.1, 0.15) is 104 Å². The molecule has 0 saturated carbocycles. The first-order valence-electron chi connectivity index (χ1n) is 15.5. The summed E-state index contributed by atoms with van der Waals surface area (Å²) < 4.78 is 5.50. The van der Waals surface area contributed by atoms with Gasteiger partial charge in [0.15, 0.2) is 0 Å². The Balaban J connectivity index is 2.55. The molecule has 0 aliphatic heterocycles. The molecule has 4 N–H and O–H groups in total. The molecule has 0 aliphatic rings. The normalized spacial score (nSPS) is 13.4. The van der Waals surface area contributed by atoms with E-state index in [0.717, 1.165) is 44.1 Å². The molecule has 0 saturated heterocycles. The van der Waals surface area contributed by atoms with Crippen molar-refractivity contribution in [2.75, 3.05) is 6.54 Å². The van der Waals surface area contributed by atoms with Crippen molar-refractivity contribution < 1.29 is 29.3 Å². The highest BCUT2D eigenvalue weighted by atomic mass is 16.6. The number of nitrogens with zero attached hydrogens (tertiary/aromatic N) is 1. The van der Waals surface area contributed by atoms with E-state index in [4.69, 9.17) is 4.74 Å². The fraction of sp³-hybridized carbons (Fsp3) is 0.559. The van der Waals surface area contributed by atoms with Crippen LogP contribution in [0.4, 0.5) is 4.79 Å². The van der Waals surface area contributed by atoms with E-state index in [1.807, 2.05) is 13.8 Å². The molecule has 0 aliphatic carbocycles. The van der Waals surface area contributed by atoms with Crippen LogP contribution in [-0.4, -0.2) is 57.3 Å². The lowest BCUT2D eigenvalue weighted by atomic mass is 9.99. The first-order valence-corrected chi connectivity index (χ1v) is 15.5. The van der Waals surface area contributed by atoms with Gasteiger partial charge in [0.2, 0.25) is 11.8 Å². The standard InChI is InChI=1S/C34H51N3O6/c1-7-9-10-11-12-22-37(30(26-16-20-28(39)21-17-26)31(40)35-24(3)13-8-2)32(41)29(36-33(42)43-34(4,5)6)23-25-14-18-27(38)19-15-25/h14-21,24,29-30,38-39H,7-13,22-23H2,1-6H3,(H,35,40)(H,36,42). The van der Waals surface area contributed by atoms with Crippen LogP contribution in [-0.2, 0) is 20.7 Å². The van der Waals surface area contributed by atoms with E-state index in [1.165, 1.54) is 24.3 Å². The molecule has 43 heavy (non-hydrogen) atoms. The minimum atomic E-state index is -1.05. The Labute approximate surface area is 257 Å². The zero-order chi connectivity index (χ0) is 32.0. The molecule has 0 aromatic heterocycles. The fourth-order valence-corrected chi connectivity index (χ4v) is 4.93. The third-order valence-electron chi connectivity index (χ3n) is 7.03. The highest BCUT2D eigenvalue weighted by molar-refractivity contribution is 5.92. The van der Waals surface area contributed by atoms with Gasteiger partial charge in [-0.25, -0.2) is 4.79 Å². The number of phenolic OH excluding ortho intramolecular Hbond substituents is 2. The molecular formula is C34H51N3O6. The first-order chi connectivity index (χ1) is 20.3. The Morgan fingerprint density at radius 1 is 0.837 bits per heavy atom. The summed E-state index contributed by atoms with van der Waals surface area (Å²) in [6.45, 7) is 11.6. The minimum Gasteiger partial charge on any atom is -0.508 e. The number of aromatic hydroxyl groups is 2. The Hall–Kier alpha value is -3.75. The summed E-state index contributed by atoms with van der Waals surface area (Å²) in [6.07, 6.45) is 5.78. The van der Waals surface area contributed by atoms with E-state index >= 15 is 0 Å². The lowest BCUT2D eigenvalue weighted by Crippen LogP contribution is -2.54. The molecule has 2 aromatic carbocycles. The average Bonchev–Trinajstić information content (AvgIpc) is 2.92. The van der Waals surface area contributed by atoms with E-state index < -0.39 is 29.7 Å². The Morgan fingerprint density at radius 2 is 1.42 bits per heavy atom. The molecule has 0 fully saturated rings. The van der Waals surface area contributed by atoms with Crippen molar-refractivity contribution >= 4 is 17.9 Å². The highest BCUT2D eigenvalue weighted by Gasteiger charge is 2.36. The van der Waals surface area contributed by atoms with Gasteiger partial charge in [0, 0.05) is 19.0 Å². The van der Waals surface area contributed by atoms with Crippen LogP contribution in [0.3, 0.4) is 0 Å². The van der Waals surface area contributed by atoms with Crippen LogP contribution in [0.25, 0.3) is 0 Å². The molecule has 3 amide bonds. The van der Waals surface area contributed by atoms with Gasteiger partial charge in [0.25, 0.3) is 0 Å². The highest BCUT2D eigenvalue weighted by Crippen LogP contribution is 2.26. The Kier molecular flexibility index (Phi) is 14.3. The van der Waals surface area contributed by atoms with Gasteiger partial charge >= 0.3 is 6.09 Å². The number of hydrogen-bond donors (Lipinski definition) is 4. The molecule has 238 valence electrons. The van der Waals surface area contributed by atoms with Crippen LogP contribution in [0.15, 0.2) is 48.5 Å². The maximum absolute atomic E-state index is 14.5. The van der Waals surface area contributed by atoms with Crippen molar-refractivity contribution in [3.05, 3.63) is 59.7 Å². The molecule has 0 radical (unpaired) electrons. The molecular weight excluding hydrogens is 546 g/mol. The summed E-state index contributed by atoms with van der Waals surface area (Å²) in [4.78, 5) is 42.9. The number of amides is 3. The van der Waals surface area contributed by atoms with Gasteiger partial charge in [0.1, 0.15) is 29.2 Å². The first kappa shape index (κ1) is 35.4. The number of nitrogens with one attached hydrogen (secondary N) is 2. The molecule has 3 atom stereocenters. The molecule has 9 nitrogen and oxygen atoms in total. The summed E-state index contributed by atoms with van der Waals surface area (Å²) >= 11 is 0. The SMILES string of the molecule is CCCCCCCN(C(=O)C(Cc1ccc(O)cc1)NC(=O)OC(C)(C)C)C(C(=O)NC(C)CCC)c1ccc(O)cc1. The van der Waals surface area contributed by atoms with Crippen LogP contribution in [0, 0.1) is 0 Å². The van der Waals surface area contributed by atoms with Gasteiger partial charge in [-0.3, -0.25) is 9.59 Å². The van der Waals surface area contributed by atoms with Gasteiger partial charge in [-0.15, -0.1) is 0 Å². The number of unbranched alkanes of at least 4 members (excludes halogenated alkanes) is 4. The summed E-state index contributed by atoms with van der Waals surface area (Å²) in [7, 11) is 0. The lowest BCUT2D eigenvalue weighted by Gasteiger charge is -2.35. The van der Waals surface area contributed by atoms with Crippen molar-refractivity contribution in [1.82, 2.24) is 15.5 Å². The number of carbonyl (C=O) groups excluding carboxylic acids is 3.